The molecule has 7 nitrogen and oxygen atoms in total. The van der Waals surface area contributed by atoms with Gasteiger partial charge in [-0.25, -0.2) is 4.79 Å². The number of aryl methyl sites for hydroxylation is 1. The first-order valence-corrected chi connectivity index (χ1v) is 11.6. The number of amides is 1. The van der Waals surface area contributed by atoms with Crippen molar-refractivity contribution in [2.75, 3.05) is 26.3 Å². The zero-order valence-electron chi connectivity index (χ0n) is 17.9. The SMILES string of the molecule is Cc1ccc(CN2CC[C@H]3O[C@H](C(=O)NCC4CCOCC4)C[C@H]32)s1.O=C(O)C(F)(F)F. The number of hydrogen-bond acceptors (Lipinski definition) is 6. The molecule has 11 heteroatoms. The second kappa shape index (κ2) is 11.0. The van der Waals surface area contributed by atoms with Gasteiger partial charge in [-0.1, -0.05) is 0 Å². The summed E-state index contributed by atoms with van der Waals surface area (Å²) in [5.74, 6) is -2.13. The molecule has 0 spiro atoms. The van der Waals surface area contributed by atoms with E-state index in [1.165, 1.54) is 9.75 Å². The van der Waals surface area contributed by atoms with Gasteiger partial charge in [0.15, 0.2) is 0 Å². The van der Waals surface area contributed by atoms with Gasteiger partial charge in [-0.2, -0.15) is 13.2 Å². The molecule has 0 aliphatic carbocycles. The van der Waals surface area contributed by atoms with E-state index in [0.717, 1.165) is 58.5 Å². The molecule has 3 saturated heterocycles. The molecule has 0 aromatic carbocycles. The third-order valence-corrected chi connectivity index (χ3v) is 6.97. The van der Waals surface area contributed by atoms with Crippen molar-refractivity contribution in [2.45, 2.75) is 63.6 Å². The second-order valence-corrected chi connectivity index (χ2v) is 9.71. The van der Waals surface area contributed by atoms with Crippen molar-refractivity contribution in [1.82, 2.24) is 10.2 Å². The van der Waals surface area contributed by atoms with Gasteiger partial charge in [0.25, 0.3) is 0 Å². The first-order chi connectivity index (χ1) is 15.1. The zero-order valence-corrected chi connectivity index (χ0v) is 18.7. The van der Waals surface area contributed by atoms with Crippen LogP contribution >= 0.6 is 11.3 Å². The van der Waals surface area contributed by atoms with Crippen LogP contribution in [0.2, 0.25) is 0 Å². The van der Waals surface area contributed by atoms with Crippen LogP contribution in [0.5, 0.6) is 0 Å². The Labute approximate surface area is 188 Å². The van der Waals surface area contributed by atoms with Crippen molar-refractivity contribution in [3.05, 3.63) is 21.9 Å². The van der Waals surface area contributed by atoms with E-state index in [9.17, 15) is 18.0 Å². The summed E-state index contributed by atoms with van der Waals surface area (Å²) in [6, 6.07) is 4.80. The summed E-state index contributed by atoms with van der Waals surface area (Å²) in [6.45, 7) is 6.61. The van der Waals surface area contributed by atoms with Gasteiger partial charge in [0.1, 0.15) is 6.10 Å². The van der Waals surface area contributed by atoms with Crippen LogP contribution in [0, 0.1) is 12.8 Å². The number of rotatable bonds is 5. The number of carboxylic acids is 1. The largest absolute Gasteiger partial charge is 0.490 e. The third-order valence-electron chi connectivity index (χ3n) is 5.99. The van der Waals surface area contributed by atoms with Crippen molar-refractivity contribution in [2.24, 2.45) is 5.92 Å². The Hall–Kier alpha value is -1.69. The Morgan fingerprint density at radius 3 is 2.53 bits per heavy atom. The quantitative estimate of drug-likeness (QED) is 0.677. The molecule has 2 N–H and O–H groups in total. The van der Waals surface area contributed by atoms with E-state index in [-0.39, 0.29) is 18.1 Å². The molecule has 180 valence electrons. The Morgan fingerprint density at radius 2 is 1.94 bits per heavy atom. The first-order valence-electron chi connectivity index (χ1n) is 10.7. The molecule has 0 radical (unpaired) electrons. The Morgan fingerprint density at radius 1 is 1.25 bits per heavy atom. The van der Waals surface area contributed by atoms with Crippen molar-refractivity contribution in [3.8, 4) is 0 Å². The fourth-order valence-corrected chi connectivity index (χ4v) is 5.19. The van der Waals surface area contributed by atoms with E-state index < -0.39 is 12.1 Å². The van der Waals surface area contributed by atoms with E-state index >= 15 is 0 Å². The third kappa shape index (κ3) is 6.90. The van der Waals surface area contributed by atoms with Gasteiger partial charge in [0.05, 0.1) is 6.10 Å². The highest BCUT2D eigenvalue weighted by Crippen LogP contribution is 2.34. The van der Waals surface area contributed by atoms with Crippen LogP contribution in [0.3, 0.4) is 0 Å². The number of halogens is 3. The summed E-state index contributed by atoms with van der Waals surface area (Å²) >= 11 is 1.87. The van der Waals surface area contributed by atoms with E-state index in [2.05, 4.69) is 29.3 Å². The normalized spacial score (nSPS) is 26.3. The predicted octanol–water partition coefficient (Wildman–Crippen LogP) is 2.96. The fraction of sp³-hybridized carbons (Fsp3) is 0.714. The lowest BCUT2D eigenvalue weighted by Crippen LogP contribution is -2.39. The van der Waals surface area contributed by atoms with Crippen LogP contribution in [0.25, 0.3) is 0 Å². The highest BCUT2D eigenvalue weighted by Gasteiger charge is 2.45. The van der Waals surface area contributed by atoms with Gasteiger partial charge >= 0.3 is 12.1 Å². The lowest BCUT2D eigenvalue weighted by molar-refractivity contribution is -0.192. The standard InChI is InChI=1S/C19H28N2O3S.C2HF3O2/c1-13-2-3-15(25-13)12-21-7-4-17-16(21)10-18(24-17)19(22)20-11-14-5-8-23-9-6-14;3-2(4,5)1(6)7/h2-3,14,16-18H,4-12H2,1H3,(H,20,22);(H,6,7)/t16-,17-,18+;/m1./s1. The monoisotopic (exact) mass is 478 g/mol. The number of thiophene rings is 1. The molecular weight excluding hydrogens is 449 g/mol. The summed E-state index contributed by atoms with van der Waals surface area (Å²) in [7, 11) is 0. The van der Waals surface area contributed by atoms with Crippen LogP contribution in [-0.4, -0.2) is 72.6 Å². The Balaban J connectivity index is 0.000000360. The van der Waals surface area contributed by atoms with Gasteiger partial charge in [-0.3, -0.25) is 9.69 Å². The van der Waals surface area contributed by atoms with E-state index in [4.69, 9.17) is 19.4 Å². The second-order valence-electron chi connectivity index (χ2n) is 8.34. The molecule has 4 heterocycles. The summed E-state index contributed by atoms with van der Waals surface area (Å²) in [6.07, 6.45) is -1.17. The maximum absolute atomic E-state index is 12.5. The topological polar surface area (TPSA) is 88.1 Å². The van der Waals surface area contributed by atoms with Crippen molar-refractivity contribution < 1.29 is 37.3 Å². The van der Waals surface area contributed by atoms with Crippen LogP contribution < -0.4 is 5.32 Å². The molecule has 0 bridgehead atoms. The van der Waals surface area contributed by atoms with Gasteiger partial charge in [0, 0.05) is 55.1 Å². The molecule has 1 aromatic heterocycles. The van der Waals surface area contributed by atoms with Crippen molar-refractivity contribution in [1.29, 1.82) is 0 Å². The first kappa shape index (κ1) is 24.9. The molecule has 3 fully saturated rings. The van der Waals surface area contributed by atoms with Gasteiger partial charge < -0.3 is 19.9 Å². The van der Waals surface area contributed by atoms with Gasteiger partial charge in [-0.15, -0.1) is 11.3 Å². The fourth-order valence-electron chi connectivity index (χ4n) is 4.28. The minimum atomic E-state index is -5.08. The number of ether oxygens (including phenoxy) is 2. The van der Waals surface area contributed by atoms with Gasteiger partial charge in [-0.05, 0) is 44.2 Å². The predicted molar refractivity (Wildman–Crippen MR) is 111 cm³/mol. The number of carboxylic acid groups (broad SMARTS) is 1. The molecule has 1 amide bonds. The van der Waals surface area contributed by atoms with Crippen molar-refractivity contribution in [3.63, 3.8) is 0 Å². The number of likely N-dealkylation sites (tertiary alicyclic amines) is 1. The summed E-state index contributed by atoms with van der Waals surface area (Å²) in [4.78, 5) is 26.7. The average Bonchev–Trinajstić information content (AvgIpc) is 3.44. The van der Waals surface area contributed by atoms with Crippen LogP contribution in [0.4, 0.5) is 13.2 Å². The number of aliphatic carboxylic acids is 1. The Kier molecular flexibility index (Phi) is 8.54. The number of fused-ring (bicyclic) bond motifs is 1. The molecular formula is C21H29F3N2O5S. The Bertz CT molecular complexity index is 782. The maximum atomic E-state index is 12.5. The number of nitrogens with zero attached hydrogens (tertiary/aromatic N) is 1. The van der Waals surface area contributed by atoms with Gasteiger partial charge in [0.2, 0.25) is 5.91 Å². The smallest absolute Gasteiger partial charge is 0.475 e. The van der Waals surface area contributed by atoms with E-state index in [1.807, 2.05) is 11.3 Å². The zero-order chi connectivity index (χ0) is 23.3. The summed E-state index contributed by atoms with van der Waals surface area (Å²) in [5.41, 5.74) is 0. The van der Waals surface area contributed by atoms with E-state index in [0.29, 0.717) is 12.0 Å². The lowest BCUT2D eigenvalue weighted by atomic mass is 10.0. The number of nitrogens with one attached hydrogen (secondary N) is 1. The number of carbonyl (C=O) groups excluding carboxylic acids is 1. The summed E-state index contributed by atoms with van der Waals surface area (Å²) < 4.78 is 43.2. The molecule has 0 saturated carbocycles. The van der Waals surface area contributed by atoms with Crippen LogP contribution in [0.1, 0.15) is 35.4 Å². The number of alkyl halides is 3. The van der Waals surface area contributed by atoms with Crippen LogP contribution in [-0.2, 0) is 25.6 Å². The highest BCUT2D eigenvalue weighted by molar-refractivity contribution is 7.11. The molecule has 0 unspecified atom stereocenters. The van der Waals surface area contributed by atoms with Crippen molar-refractivity contribution >= 4 is 23.2 Å². The van der Waals surface area contributed by atoms with E-state index in [1.54, 1.807) is 0 Å². The lowest BCUT2D eigenvalue weighted by Gasteiger charge is -2.23. The molecule has 4 rings (SSSR count). The minimum absolute atomic E-state index is 0.0767. The number of carbonyl (C=O) groups is 2. The van der Waals surface area contributed by atoms with Crippen LogP contribution in [0.15, 0.2) is 12.1 Å². The summed E-state index contributed by atoms with van der Waals surface area (Å²) in [5, 5.41) is 10.2. The maximum Gasteiger partial charge on any atom is 0.490 e. The molecule has 1 aromatic rings. The minimum Gasteiger partial charge on any atom is -0.475 e. The molecule has 3 aliphatic heterocycles. The molecule has 3 atom stereocenters. The average molecular weight is 479 g/mol. The number of hydrogen-bond donors (Lipinski definition) is 2. The molecule has 3 aliphatic rings. The highest BCUT2D eigenvalue weighted by atomic mass is 32.1. The molecule has 32 heavy (non-hydrogen) atoms.